The molecule has 2 aliphatic rings. The lowest BCUT2D eigenvalue weighted by Crippen LogP contribution is -2.86. The topological polar surface area (TPSA) is 58.2 Å². The molecule has 26 heteroatoms. The Morgan fingerprint density at radius 1 is 0.318 bits per heavy atom. The zero-order valence-electron chi connectivity index (χ0n) is 20.0. The van der Waals surface area contributed by atoms with E-state index in [1.807, 2.05) is 0 Å². The number of nitrogens with one attached hydrogen (secondary N) is 2. The summed E-state index contributed by atoms with van der Waals surface area (Å²) in [5, 5.41) is 1.06. The van der Waals surface area contributed by atoms with Crippen molar-refractivity contribution in [2.24, 2.45) is 0 Å². The SMILES string of the molecule is O=C(NCCCCNC(=O)C1(F)C(F)(F)C(F)(F)C(F)(F)C(F)(F)C1(F)F)C1(F)C(F)(F)C(F)(F)C(F)(F)C(F)(F)C1(F)F. The molecule has 0 bridgehead atoms. The minimum atomic E-state index is -7.66. The van der Waals surface area contributed by atoms with Gasteiger partial charge in [0.05, 0.1) is 0 Å². The fraction of sp³-hybridized carbons (Fsp3) is 0.889. The standard InChI is InChI=1S/C18H10F22N2O2/c19-7(9(21,22)13(29,30)17(37,38)14(31,32)10(7,23)24)5(43)41-3-1-2-4-42-6(44)8(20)11(25,26)15(33,34)18(39,40)16(35,36)12(8,27)28/h1-4H2,(H,41,43)(H,42,44). The third-order valence-corrected chi connectivity index (χ3v) is 6.69. The first-order chi connectivity index (χ1) is 19.0. The smallest absolute Gasteiger partial charge is 0.353 e. The van der Waals surface area contributed by atoms with Crippen molar-refractivity contribution in [1.82, 2.24) is 10.6 Å². The van der Waals surface area contributed by atoms with Crippen molar-refractivity contribution in [2.75, 3.05) is 13.1 Å². The lowest BCUT2D eigenvalue weighted by Gasteiger charge is -2.51. The quantitative estimate of drug-likeness (QED) is 0.261. The van der Waals surface area contributed by atoms with Gasteiger partial charge in [-0.2, -0.15) is 87.8 Å². The summed E-state index contributed by atoms with van der Waals surface area (Å²) in [5.41, 5.74) is -14.3. The first-order valence-electron chi connectivity index (χ1n) is 10.8. The normalized spacial score (nSPS) is 30.0. The third kappa shape index (κ3) is 3.64. The fourth-order valence-electron chi connectivity index (χ4n) is 3.91. The van der Waals surface area contributed by atoms with Gasteiger partial charge in [0.1, 0.15) is 0 Å². The van der Waals surface area contributed by atoms with Gasteiger partial charge in [0.15, 0.2) is 0 Å². The van der Waals surface area contributed by atoms with Crippen molar-refractivity contribution in [1.29, 1.82) is 0 Å². The molecule has 2 fully saturated rings. The summed E-state index contributed by atoms with van der Waals surface area (Å²) >= 11 is 0. The van der Waals surface area contributed by atoms with Crippen LogP contribution in [-0.4, -0.2) is 95.5 Å². The second-order valence-corrected chi connectivity index (χ2v) is 9.28. The highest BCUT2D eigenvalue weighted by atomic mass is 19.4. The van der Waals surface area contributed by atoms with E-state index in [2.05, 4.69) is 0 Å². The zero-order valence-corrected chi connectivity index (χ0v) is 20.0. The van der Waals surface area contributed by atoms with Crippen LogP contribution in [-0.2, 0) is 9.59 Å². The van der Waals surface area contributed by atoms with E-state index in [-0.39, 0.29) is 0 Å². The van der Waals surface area contributed by atoms with Crippen LogP contribution in [0, 0.1) is 0 Å². The van der Waals surface area contributed by atoms with E-state index in [0.717, 1.165) is 0 Å². The zero-order chi connectivity index (χ0) is 35.4. The van der Waals surface area contributed by atoms with E-state index in [4.69, 9.17) is 0 Å². The van der Waals surface area contributed by atoms with E-state index in [1.165, 1.54) is 0 Å². The highest BCUT2D eigenvalue weighted by molar-refractivity contribution is 5.89. The van der Waals surface area contributed by atoms with Gasteiger partial charge in [-0.25, -0.2) is 8.78 Å². The second kappa shape index (κ2) is 9.47. The van der Waals surface area contributed by atoms with Gasteiger partial charge in [-0.3, -0.25) is 9.59 Å². The molecule has 0 aliphatic heterocycles. The Morgan fingerprint density at radius 2 is 0.477 bits per heavy atom. The average molecular weight is 704 g/mol. The highest BCUT2D eigenvalue weighted by Crippen LogP contribution is 2.70. The van der Waals surface area contributed by atoms with Crippen LogP contribution in [0.5, 0.6) is 0 Å². The van der Waals surface area contributed by atoms with Crippen LogP contribution in [0.1, 0.15) is 12.8 Å². The number of amides is 2. The van der Waals surface area contributed by atoms with Crippen molar-refractivity contribution < 1.29 is 106 Å². The van der Waals surface area contributed by atoms with Gasteiger partial charge in [0, 0.05) is 13.1 Å². The minimum absolute atomic E-state index is 0.529. The molecule has 2 amide bonds. The molecule has 258 valence electrons. The largest absolute Gasteiger partial charge is 0.384 e. The first-order valence-corrected chi connectivity index (χ1v) is 10.8. The molecule has 0 aromatic carbocycles. The molecule has 0 unspecified atom stereocenters. The van der Waals surface area contributed by atoms with Crippen LogP contribution >= 0.6 is 0 Å². The fourth-order valence-corrected chi connectivity index (χ4v) is 3.91. The molecule has 0 aromatic heterocycles. The van der Waals surface area contributed by atoms with Crippen LogP contribution in [0.4, 0.5) is 96.6 Å². The van der Waals surface area contributed by atoms with Crippen LogP contribution in [0.25, 0.3) is 0 Å². The Hall–Kier alpha value is -2.60. The predicted molar refractivity (Wildman–Crippen MR) is 92.4 cm³/mol. The van der Waals surface area contributed by atoms with E-state index in [1.54, 1.807) is 0 Å². The van der Waals surface area contributed by atoms with Crippen molar-refractivity contribution in [3.63, 3.8) is 0 Å². The van der Waals surface area contributed by atoms with E-state index < -0.39 is 108 Å². The van der Waals surface area contributed by atoms with Gasteiger partial charge in [-0.15, -0.1) is 0 Å². The number of hydrogen-bond acceptors (Lipinski definition) is 2. The number of alkyl halides is 22. The number of carbonyl (C=O) groups is 2. The number of hydrogen-bond donors (Lipinski definition) is 2. The lowest BCUT2D eigenvalue weighted by atomic mass is 9.71. The molecule has 4 nitrogen and oxygen atoms in total. The Balaban J connectivity index is 2.19. The van der Waals surface area contributed by atoms with Crippen molar-refractivity contribution in [3.05, 3.63) is 0 Å². The molecule has 0 spiro atoms. The van der Waals surface area contributed by atoms with Crippen molar-refractivity contribution in [3.8, 4) is 0 Å². The molecule has 2 saturated carbocycles. The maximum absolute atomic E-state index is 14.5. The molecule has 2 N–H and O–H groups in total. The summed E-state index contributed by atoms with van der Waals surface area (Å²) in [6, 6.07) is 0. The molecule has 0 heterocycles. The summed E-state index contributed by atoms with van der Waals surface area (Å²) in [7, 11) is 0. The van der Waals surface area contributed by atoms with Crippen LogP contribution in [0.3, 0.4) is 0 Å². The van der Waals surface area contributed by atoms with Crippen LogP contribution in [0.2, 0.25) is 0 Å². The summed E-state index contributed by atoms with van der Waals surface area (Å²) in [5.74, 6) is -83.9. The summed E-state index contributed by atoms with van der Waals surface area (Å²) in [4.78, 5) is 23.2. The van der Waals surface area contributed by atoms with E-state index in [0.29, 0.717) is 10.6 Å². The Bertz CT molecular complexity index is 1030. The predicted octanol–water partition coefficient (Wildman–Crippen LogP) is 5.80. The monoisotopic (exact) mass is 704 g/mol. The Kier molecular flexibility index (Phi) is 8.09. The van der Waals surface area contributed by atoms with Gasteiger partial charge in [0.25, 0.3) is 11.8 Å². The minimum Gasteiger partial charge on any atom is -0.353 e. The highest BCUT2D eigenvalue weighted by Gasteiger charge is 3.04. The van der Waals surface area contributed by atoms with Gasteiger partial charge >= 0.3 is 70.6 Å². The Morgan fingerprint density at radius 3 is 0.659 bits per heavy atom. The van der Waals surface area contributed by atoms with Gasteiger partial charge in [-0.1, -0.05) is 0 Å². The summed E-state index contributed by atoms with van der Waals surface area (Å²) < 4.78 is 299. The molecule has 0 aromatic rings. The molecule has 0 saturated heterocycles. The molecule has 2 aliphatic carbocycles. The summed E-state index contributed by atoms with van der Waals surface area (Å²) in [6.45, 7) is -3.40. The molecule has 44 heavy (non-hydrogen) atoms. The average Bonchev–Trinajstić information content (AvgIpc) is 2.86. The second-order valence-electron chi connectivity index (χ2n) is 9.28. The first kappa shape index (κ1) is 37.6. The number of unbranched alkanes of at least 4 members (excludes halogenated alkanes) is 1. The summed E-state index contributed by atoms with van der Waals surface area (Å²) in [6.07, 6.45) is -2.53. The molecule has 2 rings (SSSR count). The molecule has 0 atom stereocenters. The van der Waals surface area contributed by atoms with E-state index in [9.17, 15) is 106 Å². The molecular formula is C18H10F22N2O2. The maximum atomic E-state index is 14.5. The van der Waals surface area contributed by atoms with Crippen molar-refractivity contribution in [2.45, 2.75) is 83.4 Å². The number of carbonyl (C=O) groups excluding carboxylic acids is 2. The van der Waals surface area contributed by atoms with Crippen LogP contribution in [0.15, 0.2) is 0 Å². The Labute approximate surface area is 226 Å². The lowest BCUT2D eigenvalue weighted by molar-refractivity contribution is -0.476. The van der Waals surface area contributed by atoms with Gasteiger partial charge in [0.2, 0.25) is 0 Å². The number of halogens is 22. The third-order valence-electron chi connectivity index (χ3n) is 6.69. The van der Waals surface area contributed by atoms with Crippen molar-refractivity contribution >= 4 is 11.8 Å². The maximum Gasteiger partial charge on any atom is 0.384 e. The van der Waals surface area contributed by atoms with Gasteiger partial charge < -0.3 is 10.6 Å². The van der Waals surface area contributed by atoms with Crippen LogP contribution < -0.4 is 10.6 Å². The van der Waals surface area contributed by atoms with Gasteiger partial charge in [-0.05, 0) is 12.8 Å². The number of rotatable bonds is 7. The molecule has 0 radical (unpaired) electrons. The van der Waals surface area contributed by atoms with E-state index >= 15 is 0 Å². The molecular weight excluding hydrogens is 694 g/mol.